The van der Waals surface area contributed by atoms with Crippen LogP contribution in [0.4, 0.5) is 0 Å². The second kappa shape index (κ2) is 7.05. The first-order valence-electron chi connectivity index (χ1n) is 7.87. The number of methoxy groups -OCH3 is 1. The Hall–Kier alpha value is -2.34. The second-order valence-electron chi connectivity index (χ2n) is 6.35. The second-order valence-corrected chi connectivity index (χ2v) is 6.35. The van der Waals surface area contributed by atoms with E-state index in [0.717, 1.165) is 11.3 Å². The quantitative estimate of drug-likeness (QED) is 0.850. The third-order valence-corrected chi connectivity index (χ3v) is 4.20. The number of rotatable bonds is 6. The summed E-state index contributed by atoms with van der Waals surface area (Å²) in [6.07, 6.45) is 0. The summed E-state index contributed by atoms with van der Waals surface area (Å²) in [7, 11) is 1.60. The van der Waals surface area contributed by atoms with Gasteiger partial charge in [-0.1, -0.05) is 13.8 Å². The van der Waals surface area contributed by atoms with E-state index in [1.807, 2.05) is 26.0 Å². The van der Waals surface area contributed by atoms with Crippen LogP contribution in [0.25, 0.3) is 11.5 Å². The van der Waals surface area contributed by atoms with Gasteiger partial charge in [-0.25, -0.2) is 4.98 Å². The first kappa shape index (κ1) is 18.0. The van der Waals surface area contributed by atoms with Crippen LogP contribution in [0.15, 0.2) is 28.7 Å². The Morgan fingerprint density at radius 2 is 2.00 bits per heavy atom. The maximum absolute atomic E-state index is 12.3. The molecule has 0 saturated carbocycles. The van der Waals surface area contributed by atoms with Crippen LogP contribution in [0.5, 0.6) is 5.75 Å². The molecule has 0 aliphatic heterocycles. The van der Waals surface area contributed by atoms with Crippen molar-refractivity contribution in [3.63, 3.8) is 0 Å². The lowest BCUT2D eigenvalue weighted by Gasteiger charge is -2.27. The summed E-state index contributed by atoms with van der Waals surface area (Å²) in [5.74, 6) is 1.19. The molecule has 0 bridgehead atoms. The third kappa shape index (κ3) is 3.94. The molecule has 0 aliphatic rings. The zero-order valence-electron chi connectivity index (χ0n) is 14.7. The lowest BCUT2D eigenvalue weighted by Crippen LogP contribution is -2.44. The van der Waals surface area contributed by atoms with E-state index in [1.165, 1.54) is 0 Å². The Kier molecular flexibility index (Phi) is 5.29. The molecule has 130 valence electrons. The minimum absolute atomic E-state index is 0.0195. The lowest BCUT2D eigenvalue weighted by atomic mass is 9.92. The van der Waals surface area contributed by atoms with Crippen molar-refractivity contribution < 1.29 is 19.1 Å². The predicted octanol–water partition coefficient (Wildman–Crippen LogP) is 2.80. The monoisotopic (exact) mass is 332 g/mol. The summed E-state index contributed by atoms with van der Waals surface area (Å²) >= 11 is 0. The molecule has 0 radical (unpaired) electrons. The molecule has 2 N–H and O–H groups in total. The van der Waals surface area contributed by atoms with Gasteiger partial charge in [0.15, 0.2) is 5.69 Å². The van der Waals surface area contributed by atoms with Gasteiger partial charge < -0.3 is 19.6 Å². The highest BCUT2D eigenvalue weighted by molar-refractivity contribution is 5.93. The summed E-state index contributed by atoms with van der Waals surface area (Å²) in [6, 6.07) is 7.23. The van der Waals surface area contributed by atoms with Gasteiger partial charge in [0, 0.05) is 12.1 Å². The first-order chi connectivity index (χ1) is 11.2. The average molecular weight is 332 g/mol. The molecule has 1 unspecified atom stereocenters. The van der Waals surface area contributed by atoms with Crippen LogP contribution in [0, 0.1) is 12.8 Å². The number of hydrogen-bond donors (Lipinski definition) is 2. The van der Waals surface area contributed by atoms with Crippen LogP contribution in [-0.2, 0) is 0 Å². The molecule has 0 saturated heterocycles. The van der Waals surface area contributed by atoms with Gasteiger partial charge in [-0.2, -0.15) is 0 Å². The van der Waals surface area contributed by atoms with Gasteiger partial charge in [0.2, 0.25) is 5.89 Å². The molecule has 0 fully saturated rings. The number of nitrogens with one attached hydrogen (secondary N) is 1. The van der Waals surface area contributed by atoms with Crippen LogP contribution in [-0.4, -0.2) is 35.3 Å². The Bertz CT molecular complexity index is 702. The predicted molar refractivity (Wildman–Crippen MR) is 91.0 cm³/mol. The molecule has 1 heterocycles. The molecule has 6 nitrogen and oxygen atoms in total. The topological polar surface area (TPSA) is 84.6 Å². The van der Waals surface area contributed by atoms with Gasteiger partial charge in [0.1, 0.15) is 11.5 Å². The van der Waals surface area contributed by atoms with E-state index in [-0.39, 0.29) is 24.1 Å². The van der Waals surface area contributed by atoms with Crippen molar-refractivity contribution in [2.24, 2.45) is 5.92 Å². The minimum Gasteiger partial charge on any atom is -0.497 e. The minimum atomic E-state index is -0.980. The molecule has 0 spiro atoms. The number of nitrogens with zero attached hydrogens (tertiary/aromatic N) is 1. The fourth-order valence-electron chi connectivity index (χ4n) is 2.01. The van der Waals surface area contributed by atoms with Crippen LogP contribution in [0.2, 0.25) is 0 Å². The number of carbonyl (C=O) groups excluding carboxylic acids is 1. The van der Waals surface area contributed by atoms with Gasteiger partial charge in [-0.05, 0) is 44.0 Å². The highest BCUT2D eigenvalue weighted by Crippen LogP contribution is 2.24. The Morgan fingerprint density at radius 1 is 1.38 bits per heavy atom. The van der Waals surface area contributed by atoms with E-state index in [9.17, 15) is 9.90 Å². The molecule has 1 amide bonds. The van der Waals surface area contributed by atoms with Gasteiger partial charge in [0.25, 0.3) is 5.91 Å². The highest BCUT2D eigenvalue weighted by atomic mass is 16.5. The standard InChI is InChI=1S/C18H24N2O4/c1-11(2)18(4,22)10-19-16(21)15-12(3)24-17(20-15)13-6-8-14(23-5)9-7-13/h6-9,11,22H,10H2,1-5H3,(H,19,21). The number of ether oxygens (including phenoxy) is 1. The molecular formula is C18H24N2O4. The number of amides is 1. The van der Waals surface area contributed by atoms with E-state index in [4.69, 9.17) is 9.15 Å². The number of carbonyl (C=O) groups is 1. The molecule has 1 aromatic heterocycles. The summed E-state index contributed by atoms with van der Waals surface area (Å²) in [6.45, 7) is 7.32. The van der Waals surface area contributed by atoms with Gasteiger partial charge in [0.05, 0.1) is 12.7 Å². The van der Waals surface area contributed by atoms with E-state index in [0.29, 0.717) is 11.7 Å². The highest BCUT2D eigenvalue weighted by Gasteiger charge is 2.27. The van der Waals surface area contributed by atoms with Crippen molar-refractivity contribution in [3.8, 4) is 17.2 Å². The van der Waals surface area contributed by atoms with E-state index < -0.39 is 5.60 Å². The number of oxazole rings is 1. The normalized spacial score (nSPS) is 13.6. The summed E-state index contributed by atoms with van der Waals surface area (Å²) < 4.78 is 10.7. The summed E-state index contributed by atoms with van der Waals surface area (Å²) in [4.78, 5) is 16.6. The van der Waals surface area contributed by atoms with Crippen LogP contribution >= 0.6 is 0 Å². The van der Waals surface area contributed by atoms with E-state index >= 15 is 0 Å². The molecule has 2 aromatic rings. The van der Waals surface area contributed by atoms with Crippen LogP contribution < -0.4 is 10.1 Å². The number of aliphatic hydroxyl groups is 1. The zero-order chi connectivity index (χ0) is 17.9. The third-order valence-electron chi connectivity index (χ3n) is 4.20. The zero-order valence-corrected chi connectivity index (χ0v) is 14.7. The van der Waals surface area contributed by atoms with Crippen molar-refractivity contribution in [3.05, 3.63) is 35.7 Å². The smallest absolute Gasteiger partial charge is 0.273 e. The number of benzene rings is 1. The molecule has 1 aromatic carbocycles. The largest absolute Gasteiger partial charge is 0.497 e. The lowest BCUT2D eigenvalue weighted by molar-refractivity contribution is 0.0141. The van der Waals surface area contributed by atoms with Crippen molar-refractivity contribution >= 4 is 5.91 Å². The van der Waals surface area contributed by atoms with Crippen molar-refractivity contribution in [1.82, 2.24) is 10.3 Å². The van der Waals surface area contributed by atoms with E-state index in [2.05, 4.69) is 10.3 Å². The summed E-state index contributed by atoms with van der Waals surface area (Å²) in [5.41, 5.74) is -0.000878. The Labute approximate surface area is 141 Å². The van der Waals surface area contributed by atoms with Gasteiger partial charge >= 0.3 is 0 Å². The average Bonchev–Trinajstić information content (AvgIpc) is 2.94. The molecule has 6 heteroatoms. The fourth-order valence-corrected chi connectivity index (χ4v) is 2.01. The molecule has 0 aliphatic carbocycles. The SMILES string of the molecule is COc1ccc(-c2nc(C(=O)NCC(C)(O)C(C)C)c(C)o2)cc1. The van der Waals surface area contributed by atoms with Gasteiger partial charge in [-0.3, -0.25) is 4.79 Å². The number of aryl methyl sites for hydroxylation is 1. The summed E-state index contributed by atoms with van der Waals surface area (Å²) in [5, 5.41) is 12.9. The molecule has 2 rings (SSSR count). The van der Waals surface area contributed by atoms with Crippen molar-refractivity contribution in [2.75, 3.05) is 13.7 Å². The first-order valence-corrected chi connectivity index (χ1v) is 7.87. The Balaban J connectivity index is 2.14. The number of hydrogen-bond acceptors (Lipinski definition) is 5. The van der Waals surface area contributed by atoms with Crippen LogP contribution in [0.3, 0.4) is 0 Å². The van der Waals surface area contributed by atoms with E-state index in [1.54, 1.807) is 33.1 Å². The van der Waals surface area contributed by atoms with Gasteiger partial charge in [-0.15, -0.1) is 0 Å². The maximum Gasteiger partial charge on any atom is 0.273 e. The maximum atomic E-state index is 12.3. The molecule has 24 heavy (non-hydrogen) atoms. The molecule has 1 atom stereocenters. The molecular weight excluding hydrogens is 308 g/mol. The fraction of sp³-hybridized carbons (Fsp3) is 0.444. The Morgan fingerprint density at radius 3 is 2.54 bits per heavy atom. The van der Waals surface area contributed by atoms with Crippen molar-refractivity contribution in [2.45, 2.75) is 33.3 Å². The van der Waals surface area contributed by atoms with Crippen molar-refractivity contribution in [1.29, 1.82) is 0 Å². The number of aromatic nitrogens is 1. The van der Waals surface area contributed by atoms with Crippen LogP contribution in [0.1, 0.15) is 37.0 Å².